The molecule has 0 unspecified atom stereocenters. The van der Waals surface area contributed by atoms with Gasteiger partial charge in [0.05, 0.1) is 12.7 Å². The van der Waals surface area contributed by atoms with Gasteiger partial charge in [-0.3, -0.25) is 4.68 Å². The van der Waals surface area contributed by atoms with Crippen LogP contribution in [0.1, 0.15) is 11.1 Å². The highest BCUT2D eigenvalue weighted by molar-refractivity contribution is 5.56. The molecule has 2 aromatic rings. The number of nitrogens with two attached hydrogens (primary N) is 1. The third kappa shape index (κ3) is 3.24. The summed E-state index contributed by atoms with van der Waals surface area (Å²) in [4.78, 5) is 0. The number of aromatic nitrogens is 2. The normalized spacial score (nSPS) is 10.5. The van der Waals surface area contributed by atoms with Gasteiger partial charge in [-0.2, -0.15) is 5.10 Å². The largest absolute Gasteiger partial charge is 0.399 e. The summed E-state index contributed by atoms with van der Waals surface area (Å²) in [6.07, 6.45) is 3.90. The molecule has 4 heteroatoms. The molecule has 0 amide bonds. The average molecular weight is 230 g/mol. The van der Waals surface area contributed by atoms with Gasteiger partial charge >= 0.3 is 0 Å². The Morgan fingerprint density at radius 1 is 1.24 bits per heavy atom. The zero-order valence-electron chi connectivity index (χ0n) is 10.3. The first-order valence-electron chi connectivity index (χ1n) is 5.73. The standard InChI is InChI=1S/C13H18N4/c1-10-5-12(14)7-13(6-10)15-3-4-17-9-11(2)8-16-17/h5-9,15H,3-4,14H2,1-2H3. The van der Waals surface area contributed by atoms with Gasteiger partial charge in [0.2, 0.25) is 0 Å². The number of anilines is 2. The van der Waals surface area contributed by atoms with Crippen LogP contribution in [0.15, 0.2) is 30.6 Å². The quantitative estimate of drug-likeness (QED) is 0.792. The van der Waals surface area contributed by atoms with Crippen molar-refractivity contribution >= 4 is 11.4 Å². The van der Waals surface area contributed by atoms with Gasteiger partial charge in [-0.1, -0.05) is 0 Å². The van der Waals surface area contributed by atoms with Crippen LogP contribution >= 0.6 is 0 Å². The summed E-state index contributed by atoms with van der Waals surface area (Å²) in [6.45, 7) is 5.77. The monoisotopic (exact) mass is 230 g/mol. The minimum atomic E-state index is 0.794. The molecule has 1 heterocycles. The average Bonchev–Trinajstić information content (AvgIpc) is 2.63. The summed E-state index contributed by atoms with van der Waals surface area (Å²) in [5, 5.41) is 7.58. The Morgan fingerprint density at radius 3 is 2.71 bits per heavy atom. The van der Waals surface area contributed by atoms with Gasteiger partial charge in [-0.15, -0.1) is 0 Å². The van der Waals surface area contributed by atoms with Crippen molar-refractivity contribution in [2.75, 3.05) is 17.6 Å². The minimum absolute atomic E-state index is 0.794. The van der Waals surface area contributed by atoms with E-state index in [0.717, 1.165) is 24.5 Å². The van der Waals surface area contributed by atoms with E-state index in [9.17, 15) is 0 Å². The highest BCUT2D eigenvalue weighted by Crippen LogP contribution is 2.15. The highest BCUT2D eigenvalue weighted by Gasteiger charge is 1.97. The van der Waals surface area contributed by atoms with E-state index in [0.29, 0.717) is 0 Å². The van der Waals surface area contributed by atoms with Gasteiger partial charge in [-0.25, -0.2) is 0 Å². The summed E-state index contributed by atoms with van der Waals surface area (Å²) in [7, 11) is 0. The van der Waals surface area contributed by atoms with Crippen molar-refractivity contribution in [3.8, 4) is 0 Å². The first-order valence-corrected chi connectivity index (χ1v) is 5.73. The zero-order chi connectivity index (χ0) is 12.3. The molecule has 1 aromatic heterocycles. The van der Waals surface area contributed by atoms with Crippen LogP contribution in [-0.4, -0.2) is 16.3 Å². The molecule has 0 aliphatic carbocycles. The van der Waals surface area contributed by atoms with Crippen molar-refractivity contribution in [2.24, 2.45) is 0 Å². The van der Waals surface area contributed by atoms with Crippen molar-refractivity contribution in [2.45, 2.75) is 20.4 Å². The molecule has 0 spiro atoms. The van der Waals surface area contributed by atoms with E-state index in [2.05, 4.69) is 16.5 Å². The lowest BCUT2D eigenvalue weighted by atomic mass is 10.2. The molecule has 17 heavy (non-hydrogen) atoms. The van der Waals surface area contributed by atoms with Crippen LogP contribution in [0, 0.1) is 13.8 Å². The molecule has 0 saturated carbocycles. The Hall–Kier alpha value is -1.97. The molecular formula is C13H18N4. The van der Waals surface area contributed by atoms with E-state index in [1.165, 1.54) is 11.1 Å². The molecule has 4 nitrogen and oxygen atoms in total. The Bertz CT molecular complexity index is 482. The molecular weight excluding hydrogens is 212 g/mol. The van der Waals surface area contributed by atoms with E-state index in [1.54, 1.807) is 0 Å². The number of nitrogens with one attached hydrogen (secondary N) is 1. The summed E-state index contributed by atoms with van der Waals surface area (Å²) in [5.74, 6) is 0. The number of aryl methyl sites for hydroxylation is 2. The molecule has 0 fully saturated rings. The molecule has 0 aliphatic rings. The number of nitrogens with zero attached hydrogens (tertiary/aromatic N) is 2. The molecule has 0 atom stereocenters. The van der Waals surface area contributed by atoms with Crippen LogP contribution in [0.4, 0.5) is 11.4 Å². The number of rotatable bonds is 4. The predicted octanol–water partition coefficient (Wildman–Crippen LogP) is 2.19. The van der Waals surface area contributed by atoms with E-state index in [1.807, 2.05) is 43.1 Å². The molecule has 0 radical (unpaired) electrons. The second-order valence-electron chi connectivity index (χ2n) is 4.34. The van der Waals surface area contributed by atoms with Gasteiger partial charge in [0, 0.05) is 24.1 Å². The number of benzene rings is 1. The summed E-state index contributed by atoms with van der Waals surface area (Å²) in [6, 6.07) is 5.99. The first kappa shape index (κ1) is 11.5. The summed E-state index contributed by atoms with van der Waals surface area (Å²) >= 11 is 0. The van der Waals surface area contributed by atoms with Crippen LogP contribution in [0.25, 0.3) is 0 Å². The van der Waals surface area contributed by atoms with Crippen LogP contribution in [0.3, 0.4) is 0 Å². The van der Waals surface area contributed by atoms with Crippen LogP contribution in [0.2, 0.25) is 0 Å². The van der Waals surface area contributed by atoms with Gasteiger partial charge < -0.3 is 11.1 Å². The zero-order valence-corrected chi connectivity index (χ0v) is 10.3. The Balaban J connectivity index is 1.89. The minimum Gasteiger partial charge on any atom is -0.399 e. The van der Waals surface area contributed by atoms with Gasteiger partial charge in [0.1, 0.15) is 0 Å². The predicted molar refractivity (Wildman–Crippen MR) is 71.0 cm³/mol. The third-order valence-electron chi connectivity index (χ3n) is 2.53. The second kappa shape index (κ2) is 4.91. The topological polar surface area (TPSA) is 55.9 Å². The van der Waals surface area contributed by atoms with Crippen LogP contribution in [-0.2, 0) is 6.54 Å². The molecule has 2 rings (SSSR count). The highest BCUT2D eigenvalue weighted by atomic mass is 15.3. The van der Waals surface area contributed by atoms with E-state index in [4.69, 9.17) is 5.73 Å². The Kier molecular flexibility index (Phi) is 3.32. The molecule has 3 N–H and O–H groups in total. The van der Waals surface area contributed by atoms with Crippen molar-refractivity contribution in [3.05, 3.63) is 41.7 Å². The lowest BCUT2D eigenvalue weighted by Gasteiger charge is -2.08. The Morgan fingerprint density at radius 2 is 2.06 bits per heavy atom. The fourth-order valence-electron chi connectivity index (χ4n) is 1.82. The van der Waals surface area contributed by atoms with Gasteiger partial charge in [-0.05, 0) is 43.2 Å². The number of hydrogen-bond donors (Lipinski definition) is 2. The Labute approximate surface area is 101 Å². The van der Waals surface area contributed by atoms with Crippen LogP contribution < -0.4 is 11.1 Å². The van der Waals surface area contributed by atoms with E-state index in [-0.39, 0.29) is 0 Å². The van der Waals surface area contributed by atoms with Crippen LogP contribution in [0.5, 0.6) is 0 Å². The lowest BCUT2D eigenvalue weighted by molar-refractivity contribution is 0.637. The van der Waals surface area contributed by atoms with Crippen molar-refractivity contribution in [3.63, 3.8) is 0 Å². The number of nitrogen functional groups attached to an aromatic ring is 1. The number of hydrogen-bond acceptors (Lipinski definition) is 3. The third-order valence-corrected chi connectivity index (χ3v) is 2.53. The van der Waals surface area contributed by atoms with E-state index >= 15 is 0 Å². The molecule has 0 saturated heterocycles. The SMILES string of the molecule is Cc1cc(N)cc(NCCn2cc(C)cn2)c1. The fraction of sp³-hybridized carbons (Fsp3) is 0.308. The molecule has 0 bridgehead atoms. The maximum absolute atomic E-state index is 5.79. The second-order valence-corrected chi connectivity index (χ2v) is 4.34. The molecule has 1 aromatic carbocycles. The van der Waals surface area contributed by atoms with E-state index < -0.39 is 0 Å². The lowest BCUT2D eigenvalue weighted by Crippen LogP contribution is -2.11. The summed E-state index contributed by atoms with van der Waals surface area (Å²) in [5.41, 5.74) is 10.00. The molecule has 90 valence electrons. The molecule has 0 aliphatic heterocycles. The van der Waals surface area contributed by atoms with Crippen molar-refractivity contribution in [1.29, 1.82) is 0 Å². The van der Waals surface area contributed by atoms with Crippen molar-refractivity contribution < 1.29 is 0 Å². The first-order chi connectivity index (χ1) is 8.13. The maximum Gasteiger partial charge on any atom is 0.0582 e. The van der Waals surface area contributed by atoms with Gasteiger partial charge in [0.15, 0.2) is 0 Å². The summed E-state index contributed by atoms with van der Waals surface area (Å²) < 4.78 is 1.93. The van der Waals surface area contributed by atoms with Gasteiger partial charge in [0.25, 0.3) is 0 Å². The maximum atomic E-state index is 5.79. The fourth-order valence-corrected chi connectivity index (χ4v) is 1.82. The smallest absolute Gasteiger partial charge is 0.0582 e. The van der Waals surface area contributed by atoms with Crippen molar-refractivity contribution in [1.82, 2.24) is 9.78 Å².